The third kappa shape index (κ3) is 9.45. The molecular formula is C34H41ClFNO5. The van der Waals surface area contributed by atoms with E-state index in [0.717, 1.165) is 81.0 Å². The lowest BCUT2D eigenvalue weighted by Gasteiger charge is -2.46. The Labute approximate surface area is 254 Å². The number of halogens is 2. The molecule has 1 atom stereocenters. The van der Waals surface area contributed by atoms with Crippen molar-refractivity contribution in [2.24, 2.45) is 5.92 Å². The second-order valence-corrected chi connectivity index (χ2v) is 11.4. The summed E-state index contributed by atoms with van der Waals surface area (Å²) in [7, 11) is 0. The van der Waals surface area contributed by atoms with Gasteiger partial charge < -0.3 is 19.3 Å². The second kappa shape index (κ2) is 15.4. The number of hydrogen-bond donors (Lipinski definition) is 1. The van der Waals surface area contributed by atoms with E-state index in [1.807, 2.05) is 24.3 Å². The summed E-state index contributed by atoms with van der Waals surface area (Å²) >= 11 is 0. The third-order valence-corrected chi connectivity index (χ3v) is 8.36. The van der Waals surface area contributed by atoms with E-state index in [1.54, 1.807) is 12.1 Å². The van der Waals surface area contributed by atoms with E-state index in [2.05, 4.69) is 29.2 Å². The first-order valence-corrected chi connectivity index (χ1v) is 14.7. The summed E-state index contributed by atoms with van der Waals surface area (Å²) in [6, 6.07) is 22.5. The maximum Gasteiger partial charge on any atom is 0.303 e. The highest BCUT2D eigenvalue weighted by Crippen LogP contribution is 2.39. The van der Waals surface area contributed by atoms with Crippen LogP contribution in [0, 0.1) is 11.7 Å². The number of carbonyl (C=O) groups is 1. The molecule has 0 aromatic heterocycles. The number of aryl methyl sites for hydroxylation is 1. The SMILES string of the molecule is Cl.O=C(O)CCc1ccc(OCc2ccc(CN3CCC4(CC3)CC(CCOc3ccc(F)cc3)CCO4)cc2)cc1. The van der Waals surface area contributed by atoms with Gasteiger partial charge in [0.1, 0.15) is 23.9 Å². The zero-order valence-corrected chi connectivity index (χ0v) is 24.8. The Balaban J connectivity index is 0.00000405. The molecule has 0 saturated carbocycles. The van der Waals surface area contributed by atoms with Crippen molar-refractivity contribution in [3.63, 3.8) is 0 Å². The van der Waals surface area contributed by atoms with Crippen LogP contribution in [0.15, 0.2) is 72.8 Å². The maximum absolute atomic E-state index is 13.1. The Morgan fingerprint density at radius 1 is 0.905 bits per heavy atom. The van der Waals surface area contributed by atoms with Crippen molar-refractivity contribution in [2.45, 2.75) is 63.7 Å². The summed E-state index contributed by atoms with van der Waals surface area (Å²) in [6.45, 7) is 4.97. The molecule has 0 radical (unpaired) electrons. The van der Waals surface area contributed by atoms with Gasteiger partial charge in [0.2, 0.25) is 0 Å². The number of benzene rings is 3. The molecule has 3 aromatic rings. The standard InChI is InChI=1S/C34H40FNO5.ClH/c35-30-8-12-31(13-9-30)39-21-15-27-16-22-41-34(23-27)17-19-36(20-18-34)24-28-1-3-29(4-2-28)25-40-32-10-5-26(6-11-32)7-14-33(37)38;/h1-6,8-13,27H,7,14-25H2,(H,37,38);1H. The Morgan fingerprint density at radius 2 is 1.52 bits per heavy atom. The molecule has 0 bridgehead atoms. The van der Waals surface area contributed by atoms with Crippen LogP contribution in [0.2, 0.25) is 0 Å². The molecule has 6 nitrogen and oxygen atoms in total. The van der Waals surface area contributed by atoms with Crippen LogP contribution >= 0.6 is 12.4 Å². The van der Waals surface area contributed by atoms with Gasteiger partial charge in [-0.15, -0.1) is 12.4 Å². The van der Waals surface area contributed by atoms with Crippen molar-refractivity contribution in [2.75, 3.05) is 26.3 Å². The number of piperidine rings is 1. The molecule has 0 amide bonds. The summed E-state index contributed by atoms with van der Waals surface area (Å²) in [4.78, 5) is 13.3. The van der Waals surface area contributed by atoms with Crippen molar-refractivity contribution < 1.29 is 28.5 Å². The number of rotatable bonds is 12. The molecule has 3 aromatic carbocycles. The highest BCUT2D eigenvalue weighted by molar-refractivity contribution is 5.85. The lowest BCUT2D eigenvalue weighted by atomic mass is 9.78. The van der Waals surface area contributed by atoms with Crippen LogP contribution in [-0.4, -0.2) is 47.9 Å². The first-order valence-electron chi connectivity index (χ1n) is 14.7. The van der Waals surface area contributed by atoms with E-state index in [1.165, 1.54) is 17.7 Å². The fraction of sp³-hybridized carbons (Fsp3) is 0.441. The average Bonchev–Trinajstić information content (AvgIpc) is 2.99. The van der Waals surface area contributed by atoms with Gasteiger partial charge in [-0.25, -0.2) is 4.39 Å². The Hall–Kier alpha value is -3.13. The summed E-state index contributed by atoms with van der Waals surface area (Å²) in [5.41, 5.74) is 3.40. The molecule has 2 aliphatic rings. The van der Waals surface area contributed by atoms with Gasteiger partial charge >= 0.3 is 5.97 Å². The minimum absolute atomic E-state index is 0. The van der Waals surface area contributed by atoms with E-state index in [4.69, 9.17) is 19.3 Å². The molecule has 2 fully saturated rings. The molecule has 2 saturated heterocycles. The Kier molecular flexibility index (Phi) is 11.6. The molecule has 1 spiro atoms. The van der Waals surface area contributed by atoms with Gasteiger partial charge in [0.15, 0.2) is 0 Å². The maximum atomic E-state index is 13.1. The van der Waals surface area contributed by atoms with Crippen LogP contribution in [0.5, 0.6) is 11.5 Å². The fourth-order valence-corrected chi connectivity index (χ4v) is 5.89. The van der Waals surface area contributed by atoms with Crippen molar-refractivity contribution >= 4 is 18.4 Å². The molecule has 5 rings (SSSR count). The van der Waals surface area contributed by atoms with Crippen LogP contribution in [0.25, 0.3) is 0 Å². The largest absolute Gasteiger partial charge is 0.494 e. The predicted octanol–water partition coefficient (Wildman–Crippen LogP) is 7.07. The molecule has 2 aliphatic heterocycles. The summed E-state index contributed by atoms with van der Waals surface area (Å²) in [6.07, 6.45) is 5.95. The molecule has 226 valence electrons. The predicted molar refractivity (Wildman–Crippen MR) is 163 cm³/mol. The molecule has 8 heteroatoms. The summed E-state index contributed by atoms with van der Waals surface area (Å²) in [5, 5.41) is 8.83. The lowest BCUT2D eigenvalue weighted by molar-refractivity contribution is -0.137. The summed E-state index contributed by atoms with van der Waals surface area (Å²) < 4.78 is 31.2. The second-order valence-electron chi connectivity index (χ2n) is 11.4. The van der Waals surface area contributed by atoms with E-state index >= 15 is 0 Å². The highest BCUT2D eigenvalue weighted by atomic mass is 35.5. The topological polar surface area (TPSA) is 68.2 Å². The monoisotopic (exact) mass is 597 g/mol. The molecule has 1 unspecified atom stereocenters. The number of ether oxygens (including phenoxy) is 3. The molecule has 1 N–H and O–H groups in total. The van der Waals surface area contributed by atoms with E-state index < -0.39 is 5.97 Å². The van der Waals surface area contributed by atoms with Crippen LogP contribution in [0.4, 0.5) is 4.39 Å². The minimum atomic E-state index is -0.784. The number of likely N-dealkylation sites (tertiary alicyclic amines) is 1. The Bertz CT molecular complexity index is 1240. The number of hydrogen-bond acceptors (Lipinski definition) is 5. The number of aliphatic carboxylic acids is 1. The third-order valence-electron chi connectivity index (χ3n) is 8.36. The van der Waals surface area contributed by atoms with Gasteiger partial charge in [-0.2, -0.15) is 0 Å². The highest BCUT2D eigenvalue weighted by Gasteiger charge is 2.40. The normalized spacial score (nSPS) is 18.3. The van der Waals surface area contributed by atoms with Crippen LogP contribution in [0.3, 0.4) is 0 Å². The fourth-order valence-electron chi connectivity index (χ4n) is 5.89. The van der Waals surface area contributed by atoms with Gasteiger partial charge in [-0.3, -0.25) is 9.69 Å². The van der Waals surface area contributed by atoms with Crippen LogP contribution < -0.4 is 9.47 Å². The van der Waals surface area contributed by atoms with Crippen molar-refractivity contribution in [3.05, 3.63) is 95.3 Å². The van der Waals surface area contributed by atoms with Gasteiger partial charge in [0.25, 0.3) is 0 Å². The smallest absolute Gasteiger partial charge is 0.303 e. The number of nitrogens with zero attached hydrogens (tertiary/aromatic N) is 1. The number of carboxylic acid groups (broad SMARTS) is 1. The van der Waals surface area contributed by atoms with Crippen molar-refractivity contribution in [1.29, 1.82) is 0 Å². The van der Waals surface area contributed by atoms with E-state index in [0.29, 0.717) is 25.6 Å². The molecular weight excluding hydrogens is 557 g/mol. The molecule has 42 heavy (non-hydrogen) atoms. The van der Waals surface area contributed by atoms with Gasteiger partial charge in [0, 0.05) is 32.7 Å². The minimum Gasteiger partial charge on any atom is -0.494 e. The van der Waals surface area contributed by atoms with Crippen LogP contribution in [-0.2, 0) is 29.1 Å². The Morgan fingerprint density at radius 3 is 2.21 bits per heavy atom. The first-order chi connectivity index (χ1) is 19.9. The van der Waals surface area contributed by atoms with Crippen LogP contribution in [0.1, 0.15) is 55.2 Å². The van der Waals surface area contributed by atoms with Crippen molar-refractivity contribution in [1.82, 2.24) is 4.90 Å². The zero-order chi connectivity index (χ0) is 28.5. The lowest BCUT2D eigenvalue weighted by Crippen LogP contribution is -2.49. The zero-order valence-electron chi connectivity index (χ0n) is 24.0. The van der Waals surface area contributed by atoms with E-state index in [-0.39, 0.29) is 30.2 Å². The van der Waals surface area contributed by atoms with Gasteiger partial charge in [-0.1, -0.05) is 36.4 Å². The molecule has 0 aliphatic carbocycles. The van der Waals surface area contributed by atoms with E-state index in [9.17, 15) is 9.18 Å². The van der Waals surface area contributed by atoms with Crippen molar-refractivity contribution in [3.8, 4) is 11.5 Å². The first kappa shape index (κ1) is 31.8. The average molecular weight is 598 g/mol. The van der Waals surface area contributed by atoms with Gasteiger partial charge in [0.05, 0.1) is 12.2 Å². The quantitative estimate of drug-likeness (QED) is 0.241. The number of carboxylic acids is 1. The van der Waals surface area contributed by atoms with Gasteiger partial charge in [-0.05, 0) is 97.5 Å². The molecule has 2 heterocycles. The summed E-state index contributed by atoms with van der Waals surface area (Å²) in [5.74, 6) is 1.08.